The average Bonchev–Trinajstić information content (AvgIpc) is 3.39. The number of nitrogens with zero attached hydrogens (tertiary/aromatic N) is 5. The van der Waals surface area contributed by atoms with Crippen molar-refractivity contribution in [2.75, 3.05) is 13.1 Å². The van der Waals surface area contributed by atoms with Gasteiger partial charge >= 0.3 is 0 Å². The molecule has 2 aromatic heterocycles. The molecule has 7 nitrogen and oxygen atoms in total. The summed E-state index contributed by atoms with van der Waals surface area (Å²) >= 11 is 0. The van der Waals surface area contributed by atoms with Gasteiger partial charge in [0, 0.05) is 49.4 Å². The second kappa shape index (κ2) is 9.82. The molecule has 1 aliphatic heterocycles. The fraction of sp³-hybridized carbons (Fsp3) is 0.231. The van der Waals surface area contributed by atoms with Crippen molar-refractivity contribution in [3.8, 4) is 11.6 Å². The van der Waals surface area contributed by atoms with Crippen LogP contribution in [0.3, 0.4) is 0 Å². The number of carbonyl (C=O) groups excluding carboxylic acids is 1. The lowest BCUT2D eigenvalue weighted by Gasteiger charge is -2.33. The Hall–Kier alpha value is -4.07. The number of halogens is 1. The average molecular weight is 458 g/mol. The smallest absolute Gasteiger partial charge is 0.254 e. The lowest BCUT2D eigenvalue weighted by molar-refractivity contribution is 0.0703. The van der Waals surface area contributed by atoms with Gasteiger partial charge in [0.2, 0.25) is 5.88 Å². The molecule has 0 bridgehead atoms. The Labute approximate surface area is 196 Å². The molecule has 1 fully saturated rings. The van der Waals surface area contributed by atoms with Crippen LogP contribution in [0, 0.1) is 5.82 Å². The molecule has 0 aliphatic carbocycles. The third-order valence-electron chi connectivity index (χ3n) is 5.95. The van der Waals surface area contributed by atoms with Crippen molar-refractivity contribution in [3.05, 3.63) is 102 Å². The molecule has 0 N–H and O–H groups in total. The summed E-state index contributed by atoms with van der Waals surface area (Å²) < 4.78 is 21.0. The minimum atomic E-state index is -0.332. The molecule has 1 saturated heterocycles. The third kappa shape index (κ3) is 4.80. The molecule has 3 heterocycles. The first-order valence-electron chi connectivity index (χ1n) is 11.3. The SMILES string of the molecule is O=C(c1ccccc1Cn1cccn1)N1CCC[C@H](c2nccnc2Oc2ccc(F)cc2)C1. The Morgan fingerprint density at radius 2 is 1.85 bits per heavy atom. The van der Waals surface area contributed by atoms with E-state index in [1.54, 1.807) is 30.7 Å². The van der Waals surface area contributed by atoms with Crippen LogP contribution in [0.2, 0.25) is 0 Å². The van der Waals surface area contributed by atoms with Crippen molar-refractivity contribution in [2.45, 2.75) is 25.3 Å². The first-order chi connectivity index (χ1) is 16.7. The molecule has 1 aliphatic rings. The normalized spacial score (nSPS) is 15.8. The van der Waals surface area contributed by atoms with Crippen LogP contribution in [0.1, 0.15) is 40.4 Å². The fourth-order valence-electron chi connectivity index (χ4n) is 4.30. The van der Waals surface area contributed by atoms with Gasteiger partial charge in [-0.3, -0.25) is 14.5 Å². The fourth-order valence-corrected chi connectivity index (χ4v) is 4.30. The van der Waals surface area contributed by atoms with Crippen LogP contribution >= 0.6 is 0 Å². The third-order valence-corrected chi connectivity index (χ3v) is 5.95. The van der Waals surface area contributed by atoms with E-state index in [0.29, 0.717) is 42.5 Å². The predicted octanol–water partition coefficient (Wildman–Crippen LogP) is 4.67. The monoisotopic (exact) mass is 457 g/mol. The molecule has 1 amide bonds. The van der Waals surface area contributed by atoms with E-state index in [-0.39, 0.29) is 17.6 Å². The minimum Gasteiger partial charge on any atom is -0.437 e. The summed E-state index contributed by atoms with van der Waals surface area (Å²) in [5.41, 5.74) is 2.31. The van der Waals surface area contributed by atoms with E-state index in [2.05, 4.69) is 15.1 Å². The lowest BCUT2D eigenvalue weighted by Crippen LogP contribution is -2.39. The minimum absolute atomic E-state index is 0.00245. The van der Waals surface area contributed by atoms with Gasteiger partial charge in [0.1, 0.15) is 17.3 Å². The van der Waals surface area contributed by atoms with Gasteiger partial charge < -0.3 is 9.64 Å². The number of piperidine rings is 1. The van der Waals surface area contributed by atoms with E-state index in [0.717, 1.165) is 18.4 Å². The maximum absolute atomic E-state index is 13.5. The first kappa shape index (κ1) is 21.8. The van der Waals surface area contributed by atoms with E-state index in [1.807, 2.05) is 46.1 Å². The molecule has 0 spiro atoms. The van der Waals surface area contributed by atoms with E-state index in [9.17, 15) is 9.18 Å². The van der Waals surface area contributed by atoms with Gasteiger partial charge in [-0.1, -0.05) is 18.2 Å². The van der Waals surface area contributed by atoms with Crippen LogP contribution in [0.4, 0.5) is 4.39 Å². The zero-order valence-electron chi connectivity index (χ0n) is 18.5. The number of hydrogen-bond acceptors (Lipinski definition) is 5. The number of rotatable bonds is 6. The van der Waals surface area contributed by atoms with Crippen molar-refractivity contribution < 1.29 is 13.9 Å². The summed E-state index contributed by atoms with van der Waals surface area (Å²) in [7, 11) is 0. The highest BCUT2D eigenvalue weighted by atomic mass is 19.1. The van der Waals surface area contributed by atoms with Gasteiger partial charge in [-0.15, -0.1) is 0 Å². The lowest BCUT2D eigenvalue weighted by atomic mass is 9.93. The molecule has 0 unspecified atom stereocenters. The molecule has 5 rings (SSSR count). The molecule has 4 aromatic rings. The number of hydrogen-bond donors (Lipinski definition) is 0. The van der Waals surface area contributed by atoms with E-state index < -0.39 is 0 Å². The van der Waals surface area contributed by atoms with Crippen LogP contribution in [0.5, 0.6) is 11.6 Å². The molecule has 0 saturated carbocycles. The van der Waals surface area contributed by atoms with E-state index >= 15 is 0 Å². The summed E-state index contributed by atoms with van der Waals surface area (Å²) in [4.78, 5) is 24.3. The highest BCUT2D eigenvalue weighted by molar-refractivity contribution is 5.95. The topological polar surface area (TPSA) is 73.1 Å². The molecule has 172 valence electrons. The largest absolute Gasteiger partial charge is 0.437 e. The van der Waals surface area contributed by atoms with Crippen molar-refractivity contribution in [3.63, 3.8) is 0 Å². The van der Waals surface area contributed by atoms with E-state index in [4.69, 9.17) is 4.74 Å². The standard InChI is InChI=1S/C26H24FN5O2/c27-21-8-10-22(11-9-21)34-25-24(28-13-14-29-25)20-6-3-15-31(17-20)26(33)23-7-2-1-5-19(23)18-32-16-4-12-30-32/h1-2,4-5,7-14,16,20H,3,6,15,17-18H2/t20-/m0/s1. The van der Waals surface area contributed by atoms with Crippen molar-refractivity contribution in [1.82, 2.24) is 24.6 Å². The highest BCUT2D eigenvalue weighted by Gasteiger charge is 2.29. The maximum Gasteiger partial charge on any atom is 0.254 e. The van der Waals surface area contributed by atoms with Crippen molar-refractivity contribution >= 4 is 5.91 Å². The molecule has 2 aromatic carbocycles. The van der Waals surface area contributed by atoms with E-state index in [1.165, 1.54) is 12.1 Å². The Balaban J connectivity index is 1.35. The maximum atomic E-state index is 13.5. The summed E-state index contributed by atoms with van der Waals surface area (Å²) in [6.07, 6.45) is 8.54. The quantitative estimate of drug-likeness (QED) is 0.421. The number of aromatic nitrogens is 4. The first-order valence-corrected chi connectivity index (χ1v) is 11.3. The van der Waals surface area contributed by atoms with Crippen LogP contribution in [-0.4, -0.2) is 43.6 Å². The molecule has 1 atom stereocenters. The van der Waals surface area contributed by atoms with Crippen molar-refractivity contribution in [1.29, 1.82) is 0 Å². The number of benzene rings is 2. The van der Waals surface area contributed by atoms with Crippen molar-refractivity contribution in [2.24, 2.45) is 0 Å². The van der Waals surface area contributed by atoms with Gasteiger partial charge in [0.25, 0.3) is 5.91 Å². The summed E-state index contributed by atoms with van der Waals surface area (Å²) in [5.74, 6) is 0.519. The summed E-state index contributed by atoms with van der Waals surface area (Å²) in [5, 5.41) is 4.27. The zero-order valence-corrected chi connectivity index (χ0v) is 18.5. The zero-order chi connectivity index (χ0) is 23.3. The number of amides is 1. The predicted molar refractivity (Wildman–Crippen MR) is 124 cm³/mol. The van der Waals surface area contributed by atoms with Crippen LogP contribution in [0.25, 0.3) is 0 Å². The Morgan fingerprint density at radius 3 is 2.68 bits per heavy atom. The van der Waals surface area contributed by atoms with Gasteiger partial charge in [-0.05, 0) is 54.8 Å². The summed E-state index contributed by atoms with van der Waals surface area (Å²) in [6.45, 7) is 1.74. The van der Waals surface area contributed by atoms with Crippen LogP contribution < -0.4 is 4.74 Å². The molecular formula is C26H24FN5O2. The second-order valence-corrected chi connectivity index (χ2v) is 8.25. The Morgan fingerprint density at radius 1 is 1.03 bits per heavy atom. The van der Waals surface area contributed by atoms with Crippen LogP contribution in [0.15, 0.2) is 79.4 Å². The summed E-state index contributed by atoms with van der Waals surface area (Å²) in [6, 6.07) is 15.3. The van der Waals surface area contributed by atoms with Gasteiger partial charge in [0.05, 0.1) is 6.54 Å². The highest BCUT2D eigenvalue weighted by Crippen LogP contribution is 2.33. The van der Waals surface area contributed by atoms with Gasteiger partial charge in [0.15, 0.2) is 0 Å². The van der Waals surface area contributed by atoms with Gasteiger partial charge in [-0.25, -0.2) is 9.37 Å². The van der Waals surface area contributed by atoms with Crippen LogP contribution in [-0.2, 0) is 6.54 Å². The number of carbonyl (C=O) groups is 1. The Bertz CT molecular complexity index is 1260. The number of ether oxygens (including phenoxy) is 1. The molecule has 34 heavy (non-hydrogen) atoms. The molecule has 0 radical (unpaired) electrons. The molecule has 8 heteroatoms. The second-order valence-electron chi connectivity index (χ2n) is 8.25. The number of likely N-dealkylation sites (tertiary alicyclic amines) is 1. The Kier molecular flexibility index (Phi) is 6.29. The molecular weight excluding hydrogens is 433 g/mol. The van der Waals surface area contributed by atoms with Gasteiger partial charge in [-0.2, -0.15) is 5.10 Å².